The lowest BCUT2D eigenvalue weighted by Crippen LogP contribution is -2.48. The van der Waals surface area contributed by atoms with Gasteiger partial charge in [-0.15, -0.1) is 0 Å². The Kier molecular flexibility index (Phi) is 6.75. The predicted octanol–water partition coefficient (Wildman–Crippen LogP) is 2.26. The summed E-state index contributed by atoms with van der Waals surface area (Å²) in [5.74, 6) is 1.78. The molecule has 0 aliphatic carbocycles. The second-order valence-corrected chi connectivity index (χ2v) is 6.65. The predicted molar refractivity (Wildman–Crippen MR) is 95.0 cm³/mol. The van der Waals surface area contributed by atoms with Crippen molar-refractivity contribution in [2.45, 2.75) is 25.4 Å². The van der Waals surface area contributed by atoms with Crippen molar-refractivity contribution in [3.8, 4) is 11.5 Å². The normalized spacial score (nSPS) is 22.6. The summed E-state index contributed by atoms with van der Waals surface area (Å²) in [6, 6.07) is 7.79. The molecule has 2 aliphatic heterocycles. The monoisotopic (exact) mass is 334 g/mol. The second kappa shape index (κ2) is 9.25. The fraction of sp³-hybridized carbons (Fsp3) is 0.684. The molecule has 0 aromatic heterocycles. The van der Waals surface area contributed by atoms with E-state index in [1.807, 2.05) is 24.3 Å². The molecule has 134 valence electrons. The molecule has 1 aromatic rings. The average Bonchev–Trinajstić information content (AvgIpc) is 3.14. The van der Waals surface area contributed by atoms with Crippen molar-refractivity contribution in [2.75, 3.05) is 59.6 Å². The Labute approximate surface area is 145 Å². The van der Waals surface area contributed by atoms with Gasteiger partial charge in [0.05, 0.1) is 19.8 Å². The highest BCUT2D eigenvalue weighted by Gasteiger charge is 2.22. The van der Waals surface area contributed by atoms with Gasteiger partial charge in [0.15, 0.2) is 0 Å². The molecule has 1 atom stereocenters. The number of methoxy groups -OCH3 is 1. The SMILES string of the molecule is COc1ccc(OCCCN2CCN(CC3CCCO3)CC2)cc1. The molecule has 5 heteroatoms. The summed E-state index contributed by atoms with van der Waals surface area (Å²) in [6.07, 6.45) is 4.02. The standard InChI is InChI=1S/C19H30N2O3/c1-22-17-5-7-18(8-6-17)23-15-3-9-20-10-12-21(13-11-20)16-19-4-2-14-24-19/h5-8,19H,2-4,9-16H2,1H3. The van der Waals surface area contributed by atoms with Gasteiger partial charge in [-0.3, -0.25) is 4.90 Å². The molecule has 1 unspecified atom stereocenters. The van der Waals surface area contributed by atoms with E-state index in [4.69, 9.17) is 14.2 Å². The third-order valence-corrected chi connectivity index (χ3v) is 4.90. The van der Waals surface area contributed by atoms with Crippen LogP contribution in [0.5, 0.6) is 11.5 Å². The minimum absolute atomic E-state index is 0.481. The zero-order chi connectivity index (χ0) is 16.6. The lowest BCUT2D eigenvalue weighted by Gasteiger charge is -2.35. The van der Waals surface area contributed by atoms with Gasteiger partial charge in [-0.05, 0) is 43.5 Å². The molecule has 3 rings (SSSR count). The van der Waals surface area contributed by atoms with Crippen LogP contribution in [0.1, 0.15) is 19.3 Å². The maximum absolute atomic E-state index is 5.80. The molecule has 2 fully saturated rings. The largest absolute Gasteiger partial charge is 0.497 e. The van der Waals surface area contributed by atoms with Crippen LogP contribution in [0.4, 0.5) is 0 Å². The van der Waals surface area contributed by atoms with E-state index in [1.165, 1.54) is 25.9 Å². The second-order valence-electron chi connectivity index (χ2n) is 6.65. The van der Waals surface area contributed by atoms with Gasteiger partial charge in [0.1, 0.15) is 11.5 Å². The molecule has 5 nitrogen and oxygen atoms in total. The van der Waals surface area contributed by atoms with E-state index in [-0.39, 0.29) is 0 Å². The summed E-state index contributed by atoms with van der Waals surface area (Å²) in [4.78, 5) is 5.10. The smallest absolute Gasteiger partial charge is 0.119 e. The third kappa shape index (κ3) is 5.36. The van der Waals surface area contributed by atoms with E-state index in [0.717, 1.165) is 57.3 Å². The Hall–Kier alpha value is -1.30. The van der Waals surface area contributed by atoms with E-state index in [9.17, 15) is 0 Å². The number of rotatable bonds is 8. The zero-order valence-corrected chi connectivity index (χ0v) is 14.8. The summed E-state index contributed by atoms with van der Waals surface area (Å²) in [5.41, 5.74) is 0. The molecule has 0 radical (unpaired) electrons. The highest BCUT2D eigenvalue weighted by Crippen LogP contribution is 2.17. The van der Waals surface area contributed by atoms with E-state index in [0.29, 0.717) is 6.10 Å². The molecule has 0 spiro atoms. The van der Waals surface area contributed by atoms with Crippen LogP contribution >= 0.6 is 0 Å². The van der Waals surface area contributed by atoms with Gasteiger partial charge in [-0.25, -0.2) is 0 Å². The fourth-order valence-electron chi connectivity index (χ4n) is 3.42. The number of benzene rings is 1. The molecule has 0 saturated carbocycles. The van der Waals surface area contributed by atoms with Gasteiger partial charge >= 0.3 is 0 Å². The lowest BCUT2D eigenvalue weighted by molar-refractivity contribution is 0.0495. The summed E-state index contributed by atoms with van der Waals surface area (Å²) in [6.45, 7) is 8.61. The van der Waals surface area contributed by atoms with E-state index in [2.05, 4.69) is 9.80 Å². The van der Waals surface area contributed by atoms with Gasteiger partial charge in [-0.1, -0.05) is 0 Å². The van der Waals surface area contributed by atoms with Crippen LogP contribution in [-0.2, 0) is 4.74 Å². The maximum Gasteiger partial charge on any atom is 0.119 e. The molecule has 0 N–H and O–H groups in total. The van der Waals surface area contributed by atoms with Gasteiger partial charge < -0.3 is 19.1 Å². The Morgan fingerprint density at radius 3 is 2.42 bits per heavy atom. The first kappa shape index (κ1) is 17.5. The van der Waals surface area contributed by atoms with Crippen molar-refractivity contribution in [3.05, 3.63) is 24.3 Å². The van der Waals surface area contributed by atoms with Gasteiger partial charge in [-0.2, -0.15) is 0 Å². The molecular formula is C19H30N2O3. The molecule has 0 bridgehead atoms. The summed E-state index contributed by atoms with van der Waals surface area (Å²) >= 11 is 0. The Morgan fingerprint density at radius 2 is 1.75 bits per heavy atom. The van der Waals surface area contributed by atoms with Crippen LogP contribution in [0.3, 0.4) is 0 Å². The minimum atomic E-state index is 0.481. The molecule has 2 heterocycles. The first-order valence-corrected chi connectivity index (χ1v) is 9.16. The van der Waals surface area contributed by atoms with Crippen molar-refractivity contribution in [1.29, 1.82) is 0 Å². The highest BCUT2D eigenvalue weighted by molar-refractivity contribution is 5.31. The summed E-state index contributed by atoms with van der Waals surface area (Å²) < 4.78 is 16.7. The molecule has 0 amide bonds. The van der Waals surface area contributed by atoms with Crippen LogP contribution < -0.4 is 9.47 Å². The number of piperazine rings is 1. The Bertz CT molecular complexity index is 466. The number of hydrogen-bond donors (Lipinski definition) is 0. The van der Waals surface area contributed by atoms with E-state index in [1.54, 1.807) is 7.11 Å². The van der Waals surface area contributed by atoms with E-state index >= 15 is 0 Å². The first-order valence-electron chi connectivity index (χ1n) is 9.16. The Morgan fingerprint density at radius 1 is 1.04 bits per heavy atom. The summed E-state index contributed by atoms with van der Waals surface area (Å²) in [7, 11) is 1.68. The fourth-order valence-corrected chi connectivity index (χ4v) is 3.42. The molecule has 2 aliphatic rings. The van der Waals surface area contributed by atoms with Crippen molar-refractivity contribution >= 4 is 0 Å². The topological polar surface area (TPSA) is 34.2 Å². The quantitative estimate of drug-likeness (QED) is 0.681. The minimum Gasteiger partial charge on any atom is -0.497 e. The maximum atomic E-state index is 5.80. The van der Waals surface area contributed by atoms with Crippen LogP contribution in [0.25, 0.3) is 0 Å². The van der Waals surface area contributed by atoms with Crippen LogP contribution in [0.15, 0.2) is 24.3 Å². The Balaban J connectivity index is 1.26. The van der Waals surface area contributed by atoms with Crippen molar-refractivity contribution in [3.63, 3.8) is 0 Å². The highest BCUT2D eigenvalue weighted by atomic mass is 16.5. The van der Waals surface area contributed by atoms with Crippen molar-refractivity contribution < 1.29 is 14.2 Å². The van der Waals surface area contributed by atoms with Gasteiger partial charge in [0.2, 0.25) is 0 Å². The van der Waals surface area contributed by atoms with Crippen molar-refractivity contribution in [1.82, 2.24) is 9.80 Å². The third-order valence-electron chi connectivity index (χ3n) is 4.90. The van der Waals surface area contributed by atoms with Gasteiger partial charge in [0, 0.05) is 45.9 Å². The average molecular weight is 334 g/mol. The number of nitrogens with zero attached hydrogens (tertiary/aromatic N) is 2. The molecule has 1 aromatic carbocycles. The molecule has 2 saturated heterocycles. The number of hydrogen-bond acceptors (Lipinski definition) is 5. The zero-order valence-electron chi connectivity index (χ0n) is 14.8. The number of ether oxygens (including phenoxy) is 3. The van der Waals surface area contributed by atoms with Crippen molar-refractivity contribution in [2.24, 2.45) is 0 Å². The first-order chi connectivity index (χ1) is 11.8. The lowest BCUT2D eigenvalue weighted by atomic mass is 10.2. The van der Waals surface area contributed by atoms with Crippen LogP contribution in [0, 0.1) is 0 Å². The van der Waals surface area contributed by atoms with Crippen LogP contribution in [0.2, 0.25) is 0 Å². The van der Waals surface area contributed by atoms with Gasteiger partial charge in [0.25, 0.3) is 0 Å². The summed E-state index contributed by atoms with van der Waals surface area (Å²) in [5, 5.41) is 0. The molecule has 24 heavy (non-hydrogen) atoms. The van der Waals surface area contributed by atoms with E-state index < -0.39 is 0 Å². The molecular weight excluding hydrogens is 304 g/mol. The van der Waals surface area contributed by atoms with Crippen LogP contribution in [-0.4, -0.2) is 75.5 Å².